The number of nitro groups is 1. The molecule has 8 heteroatoms. The van der Waals surface area contributed by atoms with Gasteiger partial charge in [0.05, 0.1) is 12.0 Å². The van der Waals surface area contributed by atoms with Crippen LogP contribution in [0.5, 0.6) is 5.75 Å². The zero-order valence-corrected chi connectivity index (χ0v) is 15.8. The van der Waals surface area contributed by atoms with Gasteiger partial charge in [-0.1, -0.05) is 18.2 Å². The van der Waals surface area contributed by atoms with E-state index in [2.05, 4.69) is 21.9 Å². The molecule has 0 bridgehead atoms. The molecule has 0 aliphatic carbocycles. The van der Waals surface area contributed by atoms with Gasteiger partial charge >= 0.3 is 0 Å². The molecule has 0 spiro atoms. The summed E-state index contributed by atoms with van der Waals surface area (Å²) in [7, 11) is 1.65. The van der Waals surface area contributed by atoms with Crippen LogP contribution in [-0.2, 0) is 13.1 Å². The van der Waals surface area contributed by atoms with Crippen LogP contribution in [0.4, 0.5) is 5.69 Å². The first-order valence-corrected chi connectivity index (χ1v) is 9.11. The van der Waals surface area contributed by atoms with Gasteiger partial charge in [0, 0.05) is 56.5 Å². The van der Waals surface area contributed by atoms with Gasteiger partial charge in [-0.2, -0.15) is 0 Å². The maximum atomic E-state index is 11.4. The quantitative estimate of drug-likeness (QED) is 0.579. The van der Waals surface area contributed by atoms with Crippen LogP contribution in [-0.4, -0.2) is 53.9 Å². The number of methoxy groups -OCH3 is 1. The first-order valence-electron chi connectivity index (χ1n) is 9.11. The molecule has 1 amide bonds. The first-order chi connectivity index (χ1) is 13.5. The number of nitro benzene ring substituents is 1. The molecule has 1 heterocycles. The van der Waals surface area contributed by atoms with Crippen LogP contribution >= 0.6 is 0 Å². The fourth-order valence-electron chi connectivity index (χ4n) is 3.36. The molecule has 148 valence electrons. The van der Waals surface area contributed by atoms with Gasteiger partial charge in [0.25, 0.3) is 5.69 Å². The van der Waals surface area contributed by atoms with Crippen molar-refractivity contribution in [3.05, 3.63) is 69.3 Å². The van der Waals surface area contributed by atoms with Crippen molar-refractivity contribution in [3.8, 4) is 5.75 Å². The minimum atomic E-state index is -0.665. The molecule has 1 fully saturated rings. The lowest BCUT2D eigenvalue weighted by molar-refractivity contribution is -0.385. The standard InChI is InChI=1S/C20H24N4O4/c1-28-18-6-2-15(3-7-18)13-22-8-10-23(11-9-22)14-17-5-4-16(20(21)25)12-19(17)24(26)27/h2-7,12H,8-11,13-14H2,1H3,(H2,21,25). The lowest BCUT2D eigenvalue weighted by Gasteiger charge is -2.34. The highest BCUT2D eigenvalue weighted by atomic mass is 16.6. The minimum absolute atomic E-state index is 0.0584. The largest absolute Gasteiger partial charge is 0.497 e. The highest BCUT2D eigenvalue weighted by Crippen LogP contribution is 2.23. The second-order valence-electron chi connectivity index (χ2n) is 6.87. The van der Waals surface area contributed by atoms with Crippen molar-refractivity contribution in [2.24, 2.45) is 5.73 Å². The summed E-state index contributed by atoms with van der Waals surface area (Å²) in [6, 6.07) is 12.5. The number of piperazine rings is 1. The number of nitrogens with two attached hydrogens (primary N) is 1. The van der Waals surface area contributed by atoms with E-state index in [1.165, 1.54) is 11.6 Å². The van der Waals surface area contributed by atoms with Crippen LogP contribution < -0.4 is 10.5 Å². The second-order valence-corrected chi connectivity index (χ2v) is 6.87. The summed E-state index contributed by atoms with van der Waals surface area (Å²) in [4.78, 5) is 26.7. The summed E-state index contributed by atoms with van der Waals surface area (Å²) in [5.41, 5.74) is 7.15. The Hall–Kier alpha value is -2.97. The van der Waals surface area contributed by atoms with Gasteiger partial charge in [0.2, 0.25) is 5.91 Å². The first kappa shape index (κ1) is 19.8. The van der Waals surface area contributed by atoms with Gasteiger partial charge in [-0.15, -0.1) is 0 Å². The van der Waals surface area contributed by atoms with E-state index in [1.807, 2.05) is 12.1 Å². The maximum Gasteiger partial charge on any atom is 0.274 e. The van der Waals surface area contributed by atoms with Crippen molar-refractivity contribution >= 4 is 11.6 Å². The maximum absolute atomic E-state index is 11.4. The van der Waals surface area contributed by atoms with Crippen molar-refractivity contribution in [2.75, 3.05) is 33.3 Å². The van der Waals surface area contributed by atoms with Crippen LogP contribution in [0.2, 0.25) is 0 Å². The molecule has 0 saturated carbocycles. The molecule has 0 radical (unpaired) electrons. The van der Waals surface area contributed by atoms with E-state index in [-0.39, 0.29) is 11.3 Å². The minimum Gasteiger partial charge on any atom is -0.497 e. The van der Waals surface area contributed by atoms with Gasteiger partial charge in [-0.25, -0.2) is 0 Å². The number of carbonyl (C=O) groups is 1. The molecular formula is C20H24N4O4. The number of primary amides is 1. The number of rotatable bonds is 7. The molecule has 2 aromatic rings. The number of hydrogen-bond donors (Lipinski definition) is 1. The van der Waals surface area contributed by atoms with E-state index < -0.39 is 10.8 Å². The SMILES string of the molecule is COc1ccc(CN2CCN(Cc3ccc(C(N)=O)cc3[N+](=O)[O-])CC2)cc1. The van der Waals surface area contributed by atoms with E-state index in [9.17, 15) is 14.9 Å². The summed E-state index contributed by atoms with van der Waals surface area (Å²) >= 11 is 0. The summed E-state index contributed by atoms with van der Waals surface area (Å²) in [6.45, 7) is 4.77. The van der Waals surface area contributed by atoms with E-state index in [0.717, 1.165) is 38.5 Å². The molecule has 0 aromatic heterocycles. The van der Waals surface area contributed by atoms with Crippen LogP contribution in [0.15, 0.2) is 42.5 Å². The third-order valence-electron chi connectivity index (χ3n) is 4.99. The van der Waals surface area contributed by atoms with Gasteiger partial charge < -0.3 is 10.5 Å². The van der Waals surface area contributed by atoms with E-state index in [4.69, 9.17) is 10.5 Å². The van der Waals surface area contributed by atoms with E-state index >= 15 is 0 Å². The molecule has 1 aliphatic heterocycles. The zero-order valence-electron chi connectivity index (χ0n) is 15.8. The monoisotopic (exact) mass is 384 g/mol. The summed E-state index contributed by atoms with van der Waals surface area (Å²) in [5, 5.41) is 11.4. The highest BCUT2D eigenvalue weighted by Gasteiger charge is 2.22. The molecule has 1 saturated heterocycles. The van der Waals surface area contributed by atoms with Crippen molar-refractivity contribution < 1.29 is 14.5 Å². The van der Waals surface area contributed by atoms with Crippen LogP contribution in [0, 0.1) is 10.1 Å². The molecule has 2 aromatic carbocycles. The van der Waals surface area contributed by atoms with Crippen molar-refractivity contribution in [2.45, 2.75) is 13.1 Å². The third-order valence-corrected chi connectivity index (χ3v) is 4.99. The summed E-state index contributed by atoms with van der Waals surface area (Å²) in [5.74, 6) is 0.180. The van der Waals surface area contributed by atoms with Crippen LogP contribution in [0.25, 0.3) is 0 Å². The zero-order chi connectivity index (χ0) is 20.1. The second kappa shape index (κ2) is 8.81. The third kappa shape index (κ3) is 4.85. The van der Waals surface area contributed by atoms with Crippen LogP contribution in [0.3, 0.4) is 0 Å². The predicted molar refractivity (Wildman–Crippen MR) is 105 cm³/mol. The van der Waals surface area contributed by atoms with Gasteiger partial charge in [-0.05, 0) is 23.8 Å². The van der Waals surface area contributed by atoms with Gasteiger partial charge in [0.1, 0.15) is 5.75 Å². The molecule has 3 rings (SSSR count). The van der Waals surface area contributed by atoms with Crippen molar-refractivity contribution in [3.63, 3.8) is 0 Å². The molecule has 0 atom stereocenters. The average molecular weight is 384 g/mol. The Labute approximate surface area is 163 Å². The van der Waals surface area contributed by atoms with Gasteiger partial charge in [0.15, 0.2) is 0 Å². The highest BCUT2D eigenvalue weighted by molar-refractivity contribution is 5.93. The van der Waals surface area contributed by atoms with Gasteiger partial charge in [-0.3, -0.25) is 24.7 Å². The Kier molecular flexibility index (Phi) is 6.23. The van der Waals surface area contributed by atoms with Crippen molar-refractivity contribution in [1.82, 2.24) is 9.80 Å². The van der Waals surface area contributed by atoms with Crippen LogP contribution in [0.1, 0.15) is 21.5 Å². The Morgan fingerprint density at radius 1 is 1.07 bits per heavy atom. The topological polar surface area (TPSA) is 102 Å². The Morgan fingerprint density at radius 3 is 2.21 bits per heavy atom. The molecule has 0 unspecified atom stereocenters. The molecule has 2 N–H and O–H groups in total. The molecule has 28 heavy (non-hydrogen) atoms. The Balaban J connectivity index is 1.58. The molecule has 8 nitrogen and oxygen atoms in total. The number of hydrogen-bond acceptors (Lipinski definition) is 6. The smallest absolute Gasteiger partial charge is 0.274 e. The van der Waals surface area contributed by atoms with Crippen molar-refractivity contribution in [1.29, 1.82) is 0 Å². The number of nitrogens with zero attached hydrogens (tertiary/aromatic N) is 3. The predicted octanol–water partition coefficient (Wildman–Crippen LogP) is 2.02. The lowest BCUT2D eigenvalue weighted by atomic mass is 10.1. The fraction of sp³-hybridized carbons (Fsp3) is 0.350. The van der Waals surface area contributed by atoms with E-state index in [0.29, 0.717) is 12.1 Å². The number of benzene rings is 2. The summed E-state index contributed by atoms with van der Waals surface area (Å²) < 4.78 is 5.18. The Morgan fingerprint density at radius 2 is 1.68 bits per heavy atom. The molecule has 1 aliphatic rings. The Bertz CT molecular complexity index is 846. The summed E-state index contributed by atoms with van der Waals surface area (Å²) in [6.07, 6.45) is 0. The molecular weight excluding hydrogens is 360 g/mol. The fourth-order valence-corrected chi connectivity index (χ4v) is 3.36. The lowest BCUT2D eigenvalue weighted by Crippen LogP contribution is -2.45. The van der Waals surface area contributed by atoms with E-state index in [1.54, 1.807) is 19.2 Å². The number of amides is 1. The normalized spacial score (nSPS) is 15.3. The number of carbonyl (C=O) groups excluding carboxylic acids is 1. The number of ether oxygens (including phenoxy) is 1. The average Bonchev–Trinajstić information content (AvgIpc) is 2.70.